The van der Waals surface area contributed by atoms with Crippen LogP contribution in [0.5, 0.6) is 11.5 Å². The number of hydrogen-bond acceptors (Lipinski definition) is 7. The van der Waals surface area contributed by atoms with Gasteiger partial charge in [0.25, 0.3) is 0 Å². The average molecular weight is 485 g/mol. The van der Waals surface area contributed by atoms with Crippen LogP contribution in [0.4, 0.5) is 11.4 Å². The number of hydrogen-bond donors (Lipinski definition) is 2. The maximum Gasteiger partial charge on any atom is 0.250 e. The highest BCUT2D eigenvalue weighted by molar-refractivity contribution is 7.99. The molecule has 8 heteroatoms. The highest BCUT2D eigenvalue weighted by Crippen LogP contribution is 2.51. The van der Waals surface area contributed by atoms with Crippen LogP contribution in [0.15, 0.2) is 87.5 Å². The van der Waals surface area contributed by atoms with Crippen LogP contribution in [0.3, 0.4) is 0 Å². The Hall–Kier alpha value is -3.75. The molecule has 0 spiro atoms. The third-order valence-electron chi connectivity index (χ3n) is 6.05. The van der Waals surface area contributed by atoms with E-state index in [1.807, 2.05) is 54.6 Å². The van der Waals surface area contributed by atoms with E-state index < -0.39 is 0 Å². The molecule has 1 fully saturated rings. The smallest absolute Gasteiger partial charge is 0.250 e. The first-order valence-corrected chi connectivity index (χ1v) is 12.4. The summed E-state index contributed by atoms with van der Waals surface area (Å²) in [4.78, 5) is 24.1. The molecule has 2 N–H and O–H groups in total. The lowest BCUT2D eigenvalue weighted by atomic mass is 10.1. The number of ether oxygens (including phenoxy) is 2. The van der Waals surface area contributed by atoms with Crippen molar-refractivity contribution in [3.8, 4) is 22.8 Å². The minimum absolute atomic E-state index is 0.130. The van der Waals surface area contributed by atoms with Gasteiger partial charge in [-0.25, -0.2) is 0 Å². The second-order valence-corrected chi connectivity index (χ2v) is 9.47. The molecule has 0 atom stereocenters. The SMILES string of the molecule is O=c1cc(N2CCOCC2)cc(-c2cccc3c2Oc2ccc(NCc4ccccn4)cc2S3)[nH]1. The second kappa shape index (κ2) is 9.48. The number of aromatic nitrogens is 2. The van der Waals surface area contributed by atoms with Crippen LogP contribution in [0.1, 0.15) is 5.69 Å². The van der Waals surface area contributed by atoms with Gasteiger partial charge in [-0.2, -0.15) is 0 Å². The normalized spacial score (nSPS) is 14.6. The molecule has 2 aromatic heterocycles. The van der Waals surface area contributed by atoms with Crippen molar-refractivity contribution in [1.29, 1.82) is 0 Å². The summed E-state index contributed by atoms with van der Waals surface area (Å²) in [7, 11) is 0. The Morgan fingerprint density at radius 3 is 2.77 bits per heavy atom. The Kier molecular flexibility index (Phi) is 5.89. The van der Waals surface area contributed by atoms with E-state index in [1.54, 1.807) is 24.0 Å². The Bertz CT molecular complexity index is 1420. The predicted molar refractivity (Wildman–Crippen MR) is 138 cm³/mol. The van der Waals surface area contributed by atoms with Crippen LogP contribution in [-0.4, -0.2) is 36.3 Å². The number of anilines is 2. The molecular formula is C27H24N4O3S. The van der Waals surface area contributed by atoms with Crippen molar-refractivity contribution < 1.29 is 9.47 Å². The molecule has 0 aliphatic carbocycles. The van der Waals surface area contributed by atoms with E-state index in [0.717, 1.165) is 62.7 Å². The first-order valence-electron chi connectivity index (χ1n) is 11.6. The molecule has 4 heterocycles. The van der Waals surface area contributed by atoms with Crippen LogP contribution in [0, 0.1) is 0 Å². The van der Waals surface area contributed by atoms with Crippen LogP contribution < -0.4 is 20.5 Å². The first kappa shape index (κ1) is 21.8. The van der Waals surface area contributed by atoms with Gasteiger partial charge in [-0.05, 0) is 48.5 Å². The zero-order valence-electron chi connectivity index (χ0n) is 19.0. The topological polar surface area (TPSA) is 79.5 Å². The standard InChI is InChI=1S/C27H24N4O3S/c32-26-16-20(31-10-12-33-13-11-31)15-22(30-26)21-5-3-6-24-27(21)34-23-8-7-18(14-25(23)35-24)29-17-19-4-1-2-9-28-19/h1-9,14-16,29H,10-13,17H2,(H,30,32). The lowest BCUT2D eigenvalue weighted by Gasteiger charge is -2.29. The van der Waals surface area contributed by atoms with Gasteiger partial charge in [0.1, 0.15) is 5.75 Å². The zero-order chi connectivity index (χ0) is 23.6. The quantitative estimate of drug-likeness (QED) is 0.357. The van der Waals surface area contributed by atoms with E-state index in [0.29, 0.717) is 19.8 Å². The van der Waals surface area contributed by atoms with Crippen molar-refractivity contribution >= 4 is 23.1 Å². The molecule has 2 aromatic carbocycles. The monoisotopic (exact) mass is 484 g/mol. The Balaban J connectivity index is 1.27. The summed E-state index contributed by atoms with van der Waals surface area (Å²) in [6, 6.07) is 21.7. The summed E-state index contributed by atoms with van der Waals surface area (Å²) >= 11 is 1.66. The summed E-state index contributed by atoms with van der Waals surface area (Å²) in [5, 5.41) is 3.43. The first-order chi connectivity index (χ1) is 17.2. The second-order valence-electron chi connectivity index (χ2n) is 8.39. The van der Waals surface area contributed by atoms with Gasteiger partial charge in [0.05, 0.1) is 40.9 Å². The van der Waals surface area contributed by atoms with E-state index >= 15 is 0 Å². The number of rotatable bonds is 5. The van der Waals surface area contributed by atoms with Crippen molar-refractivity contribution in [2.24, 2.45) is 0 Å². The van der Waals surface area contributed by atoms with Crippen molar-refractivity contribution in [3.63, 3.8) is 0 Å². The average Bonchev–Trinajstić information content (AvgIpc) is 2.91. The lowest BCUT2D eigenvalue weighted by molar-refractivity contribution is 0.122. The number of morpholine rings is 1. The molecule has 6 rings (SSSR count). The number of fused-ring (bicyclic) bond motifs is 2. The van der Waals surface area contributed by atoms with E-state index in [4.69, 9.17) is 9.47 Å². The zero-order valence-corrected chi connectivity index (χ0v) is 19.8. The van der Waals surface area contributed by atoms with E-state index in [-0.39, 0.29) is 5.56 Å². The van der Waals surface area contributed by atoms with Gasteiger partial charge in [-0.1, -0.05) is 23.9 Å². The fraction of sp³-hybridized carbons (Fsp3) is 0.185. The number of benzene rings is 2. The fourth-order valence-electron chi connectivity index (χ4n) is 4.30. The van der Waals surface area contributed by atoms with Crippen LogP contribution in [0.2, 0.25) is 0 Å². The molecule has 35 heavy (non-hydrogen) atoms. The van der Waals surface area contributed by atoms with Crippen molar-refractivity contribution in [1.82, 2.24) is 9.97 Å². The van der Waals surface area contributed by atoms with Gasteiger partial charge in [0, 0.05) is 42.3 Å². The van der Waals surface area contributed by atoms with Crippen LogP contribution >= 0.6 is 11.8 Å². The van der Waals surface area contributed by atoms with E-state index in [9.17, 15) is 4.79 Å². The summed E-state index contributed by atoms with van der Waals surface area (Å²) in [5.74, 6) is 1.55. The van der Waals surface area contributed by atoms with Crippen LogP contribution in [-0.2, 0) is 11.3 Å². The molecule has 2 aliphatic heterocycles. The number of aromatic amines is 1. The van der Waals surface area contributed by atoms with Gasteiger partial charge in [-0.3, -0.25) is 9.78 Å². The predicted octanol–water partition coefficient (Wildman–Crippen LogP) is 5.14. The highest BCUT2D eigenvalue weighted by Gasteiger charge is 2.23. The van der Waals surface area contributed by atoms with Gasteiger partial charge in [0.2, 0.25) is 5.56 Å². The minimum Gasteiger partial charge on any atom is -0.454 e. The van der Waals surface area contributed by atoms with Gasteiger partial charge < -0.3 is 24.7 Å². The molecule has 0 saturated carbocycles. The minimum atomic E-state index is -0.130. The van der Waals surface area contributed by atoms with Crippen molar-refractivity contribution in [3.05, 3.63) is 89.0 Å². The summed E-state index contributed by atoms with van der Waals surface area (Å²) in [5.41, 5.74) is 4.37. The third kappa shape index (κ3) is 4.62. The van der Waals surface area contributed by atoms with Crippen molar-refractivity contribution in [2.45, 2.75) is 16.3 Å². The molecule has 176 valence electrons. The number of nitrogens with one attached hydrogen (secondary N) is 2. The molecule has 2 aliphatic rings. The van der Waals surface area contributed by atoms with Crippen LogP contribution in [0.25, 0.3) is 11.3 Å². The molecule has 7 nitrogen and oxygen atoms in total. The summed E-state index contributed by atoms with van der Waals surface area (Å²) in [6.07, 6.45) is 1.80. The van der Waals surface area contributed by atoms with E-state index in [2.05, 4.69) is 26.3 Å². The van der Waals surface area contributed by atoms with E-state index in [1.165, 1.54) is 0 Å². The molecule has 0 unspecified atom stereocenters. The number of H-pyrrole nitrogens is 1. The molecule has 4 aromatic rings. The molecule has 0 bridgehead atoms. The van der Waals surface area contributed by atoms with Gasteiger partial charge in [0.15, 0.2) is 5.75 Å². The Morgan fingerprint density at radius 1 is 1.00 bits per heavy atom. The highest BCUT2D eigenvalue weighted by atomic mass is 32.2. The van der Waals surface area contributed by atoms with Crippen molar-refractivity contribution in [2.75, 3.05) is 36.5 Å². The Labute approximate surface area is 207 Å². The number of para-hydroxylation sites is 1. The molecule has 0 radical (unpaired) electrons. The molecular weight excluding hydrogens is 460 g/mol. The summed E-state index contributed by atoms with van der Waals surface area (Å²) < 4.78 is 11.9. The maximum absolute atomic E-state index is 12.5. The Morgan fingerprint density at radius 2 is 1.91 bits per heavy atom. The number of nitrogens with zero attached hydrogens (tertiary/aromatic N) is 2. The third-order valence-corrected chi connectivity index (χ3v) is 7.13. The van der Waals surface area contributed by atoms with Gasteiger partial charge in [-0.15, -0.1) is 0 Å². The lowest BCUT2D eigenvalue weighted by Crippen LogP contribution is -2.36. The largest absolute Gasteiger partial charge is 0.454 e. The summed E-state index contributed by atoms with van der Waals surface area (Å²) in [6.45, 7) is 3.52. The maximum atomic E-state index is 12.5. The van der Waals surface area contributed by atoms with Gasteiger partial charge >= 0.3 is 0 Å². The fourth-order valence-corrected chi connectivity index (χ4v) is 5.32. The number of pyridine rings is 2. The molecule has 0 amide bonds. The molecule has 1 saturated heterocycles.